The third kappa shape index (κ3) is 4.18. The molecule has 0 radical (unpaired) electrons. The van der Waals surface area contributed by atoms with Gasteiger partial charge in [-0.25, -0.2) is 4.79 Å². The van der Waals surface area contributed by atoms with Gasteiger partial charge in [-0.3, -0.25) is 4.79 Å². The Morgan fingerprint density at radius 2 is 1.88 bits per heavy atom. The largest absolute Gasteiger partial charge is 0.483 e. The van der Waals surface area contributed by atoms with Gasteiger partial charge in [0.15, 0.2) is 6.61 Å². The molecule has 0 unspecified atom stereocenters. The first-order valence-corrected chi connectivity index (χ1v) is 8.39. The second-order valence-corrected chi connectivity index (χ2v) is 6.01. The molecule has 5 nitrogen and oxygen atoms in total. The van der Waals surface area contributed by atoms with Gasteiger partial charge in [-0.1, -0.05) is 18.2 Å². The molecular formula is C20H21NO4. The summed E-state index contributed by atoms with van der Waals surface area (Å²) < 4.78 is 10.4. The summed E-state index contributed by atoms with van der Waals surface area (Å²) in [6.07, 6.45) is 4.42. The number of aryl methyl sites for hydroxylation is 1. The average Bonchev–Trinajstić information content (AvgIpc) is 2.66. The molecule has 3 rings (SSSR count). The molecule has 0 bridgehead atoms. The molecule has 25 heavy (non-hydrogen) atoms. The predicted molar refractivity (Wildman–Crippen MR) is 95.0 cm³/mol. The van der Waals surface area contributed by atoms with Gasteiger partial charge in [0.05, 0.1) is 12.7 Å². The van der Waals surface area contributed by atoms with E-state index in [1.807, 2.05) is 12.1 Å². The molecule has 0 heterocycles. The van der Waals surface area contributed by atoms with Crippen LogP contribution in [0.2, 0.25) is 0 Å². The molecule has 1 aliphatic rings. The minimum Gasteiger partial charge on any atom is -0.483 e. The van der Waals surface area contributed by atoms with Crippen LogP contribution in [0.4, 0.5) is 5.69 Å². The number of nitrogens with one attached hydrogen (secondary N) is 1. The summed E-state index contributed by atoms with van der Waals surface area (Å²) in [7, 11) is 1.32. The third-order valence-corrected chi connectivity index (χ3v) is 4.28. The fraction of sp³-hybridized carbons (Fsp3) is 0.300. The van der Waals surface area contributed by atoms with Crippen LogP contribution in [0.1, 0.15) is 34.3 Å². The summed E-state index contributed by atoms with van der Waals surface area (Å²) >= 11 is 0. The Morgan fingerprint density at radius 1 is 1.08 bits per heavy atom. The van der Waals surface area contributed by atoms with Crippen molar-refractivity contribution in [2.75, 3.05) is 19.0 Å². The van der Waals surface area contributed by atoms with Gasteiger partial charge in [-0.2, -0.15) is 0 Å². The fourth-order valence-electron chi connectivity index (χ4n) is 3.06. The van der Waals surface area contributed by atoms with Gasteiger partial charge in [0.2, 0.25) is 0 Å². The van der Waals surface area contributed by atoms with Crippen LogP contribution in [-0.4, -0.2) is 25.6 Å². The SMILES string of the molecule is COC(=O)c1cccc(NC(=O)COc2cccc3c2CCCC3)c1. The number of methoxy groups -OCH3 is 1. The normalized spacial score (nSPS) is 12.8. The van der Waals surface area contributed by atoms with Crippen LogP contribution in [0.5, 0.6) is 5.75 Å². The third-order valence-electron chi connectivity index (χ3n) is 4.28. The van der Waals surface area contributed by atoms with Crippen molar-refractivity contribution in [1.82, 2.24) is 0 Å². The Morgan fingerprint density at radius 3 is 2.72 bits per heavy atom. The summed E-state index contributed by atoms with van der Waals surface area (Å²) in [6.45, 7) is -0.0705. The Bertz CT molecular complexity index is 785. The summed E-state index contributed by atoms with van der Waals surface area (Å²) in [5.41, 5.74) is 3.45. The van der Waals surface area contributed by atoms with Gasteiger partial charge in [-0.15, -0.1) is 0 Å². The molecule has 2 aromatic rings. The number of benzene rings is 2. The molecule has 5 heteroatoms. The van der Waals surface area contributed by atoms with Crippen molar-refractivity contribution in [3.05, 3.63) is 59.2 Å². The van der Waals surface area contributed by atoms with Crippen molar-refractivity contribution in [2.45, 2.75) is 25.7 Å². The standard InChI is InChI=1S/C20H21NO4/c1-24-20(23)15-8-4-9-16(12-15)21-19(22)13-25-18-11-5-7-14-6-2-3-10-17(14)18/h4-5,7-9,11-12H,2-3,6,10,13H2,1H3,(H,21,22). The van der Waals surface area contributed by atoms with Gasteiger partial charge in [-0.05, 0) is 61.1 Å². The zero-order valence-electron chi connectivity index (χ0n) is 14.2. The first-order valence-electron chi connectivity index (χ1n) is 8.39. The lowest BCUT2D eigenvalue weighted by atomic mass is 9.91. The number of ether oxygens (including phenoxy) is 2. The lowest BCUT2D eigenvalue weighted by molar-refractivity contribution is -0.118. The molecule has 0 saturated heterocycles. The number of hydrogen-bond donors (Lipinski definition) is 1. The van der Waals surface area contributed by atoms with Crippen molar-refractivity contribution in [3.8, 4) is 5.75 Å². The monoisotopic (exact) mass is 339 g/mol. The maximum absolute atomic E-state index is 12.2. The molecule has 2 aromatic carbocycles. The zero-order valence-corrected chi connectivity index (χ0v) is 14.2. The van der Waals surface area contributed by atoms with Crippen LogP contribution in [0.25, 0.3) is 0 Å². The highest BCUT2D eigenvalue weighted by atomic mass is 16.5. The second kappa shape index (κ2) is 7.83. The Kier molecular flexibility index (Phi) is 5.33. The molecular weight excluding hydrogens is 318 g/mol. The van der Waals surface area contributed by atoms with Crippen LogP contribution in [0.3, 0.4) is 0 Å². The minimum absolute atomic E-state index is 0.0705. The number of amides is 1. The Labute approximate surface area is 147 Å². The van der Waals surface area contributed by atoms with Gasteiger partial charge in [0.25, 0.3) is 5.91 Å². The molecule has 0 saturated carbocycles. The number of fused-ring (bicyclic) bond motifs is 1. The van der Waals surface area contributed by atoms with Crippen molar-refractivity contribution in [1.29, 1.82) is 0 Å². The van der Waals surface area contributed by atoms with E-state index in [0.29, 0.717) is 11.3 Å². The van der Waals surface area contributed by atoms with E-state index in [0.717, 1.165) is 25.0 Å². The highest BCUT2D eigenvalue weighted by Gasteiger charge is 2.15. The molecule has 1 aliphatic carbocycles. The second-order valence-electron chi connectivity index (χ2n) is 6.01. The summed E-state index contributed by atoms with van der Waals surface area (Å²) in [5.74, 6) is 0.0781. The van der Waals surface area contributed by atoms with E-state index in [9.17, 15) is 9.59 Å². The topological polar surface area (TPSA) is 64.6 Å². The highest BCUT2D eigenvalue weighted by molar-refractivity contribution is 5.95. The van der Waals surface area contributed by atoms with E-state index in [-0.39, 0.29) is 12.5 Å². The first kappa shape index (κ1) is 17.0. The summed E-state index contributed by atoms with van der Waals surface area (Å²) in [4.78, 5) is 23.7. The van der Waals surface area contributed by atoms with E-state index < -0.39 is 5.97 Å². The van der Waals surface area contributed by atoms with Crippen molar-refractivity contribution < 1.29 is 19.1 Å². The van der Waals surface area contributed by atoms with Gasteiger partial charge >= 0.3 is 5.97 Å². The predicted octanol–water partition coefficient (Wildman–Crippen LogP) is 3.37. The minimum atomic E-state index is -0.441. The molecule has 1 N–H and O–H groups in total. The van der Waals surface area contributed by atoms with E-state index in [1.54, 1.807) is 24.3 Å². The first-order chi connectivity index (χ1) is 12.2. The molecule has 130 valence electrons. The van der Waals surface area contributed by atoms with Crippen LogP contribution in [-0.2, 0) is 22.4 Å². The molecule has 0 aliphatic heterocycles. The van der Waals surface area contributed by atoms with E-state index >= 15 is 0 Å². The molecule has 0 spiro atoms. The molecule has 0 atom stereocenters. The van der Waals surface area contributed by atoms with Crippen molar-refractivity contribution >= 4 is 17.6 Å². The highest BCUT2D eigenvalue weighted by Crippen LogP contribution is 2.29. The number of rotatable bonds is 5. The Balaban J connectivity index is 1.61. The number of hydrogen-bond acceptors (Lipinski definition) is 4. The number of carbonyl (C=O) groups is 2. The van der Waals surface area contributed by atoms with Gasteiger partial charge < -0.3 is 14.8 Å². The summed E-state index contributed by atoms with van der Waals surface area (Å²) in [6, 6.07) is 12.6. The molecule has 0 aromatic heterocycles. The van der Waals surface area contributed by atoms with Crippen molar-refractivity contribution in [2.24, 2.45) is 0 Å². The maximum atomic E-state index is 12.2. The van der Waals surface area contributed by atoms with Crippen LogP contribution < -0.4 is 10.1 Å². The quantitative estimate of drug-likeness (QED) is 0.848. The fourth-order valence-corrected chi connectivity index (χ4v) is 3.06. The average molecular weight is 339 g/mol. The van der Waals surface area contributed by atoms with E-state index in [2.05, 4.69) is 16.1 Å². The number of carbonyl (C=O) groups excluding carboxylic acids is 2. The van der Waals surface area contributed by atoms with E-state index in [4.69, 9.17) is 4.74 Å². The van der Waals surface area contributed by atoms with E-state index in [1.165, 1.54) is 24.7 Å². The van der Waals surface area contributed by atoms with Crippen LogP contribution in [0, 0.1) is 0 Å². The lowest BCUT2D eigenvalue weighted by Crippen LogP contribution is -2.21. The van der Waals surface area contributed by atoms with Crippen molar-refractivity contribution in [3.63, 3.8) is 0 Å². The number of anilines is 1. The van der Waals surface area contributed by atoms with Crippen LogP contribution >= 0.6 is 0 Å². The van der Waals surface area contributed by atoms with Gasteiger partial charge in [0.1, 0.15) is 5.75 Å². The van der Waals surface area contributed by atoms with Gasteiger partial charge in [0, 0.05) is 5.69 Å². The molecule has 1 amide bonds. The lowest BCUT2D eigenvalue weighted by Gasteiger charge is -2.19. The number of esters is 1. The zero-order chi connectivity index (χ0) is 17.6. The Hall–Kier alpha value is -2.82. The molecule has 0 fully saturated rings. The smallest absolute Gasteiger partial charge is 0.337 e. The summed E-state index contributed by atoms with van der Waals surface area (Å²) in [5, 5.41) is 2.74. The maximum Gasteiger partial charge on any atom is 0.337 e. The van der Waals surface area contributed by atoms with Crippen LogP contribution in [0.15, 0.2) is 42.5 Å².